The minimum absolute atomic E-state index is 0.590. The van der Waals surface area contributed by atoms with Crippen LogP contribution in [0.1, 0.15) is 0 Å². The SMILES string of the molecule is CN1C(=O)N(C)[C@@H](O)[C@@](Cl)(Br)C1=O. The van der Waals surface area contributed by atoms with Crippen molar-refractivity contribution in [2.24, 2.45) is 0 Å². The van der Waals surface area contributed by atoms with Gasteiger partial charge < -0.3 is 5.11 Å². The topological polar surface area (TPSA) is 60.9 Å². The van der Waals surface area contributed by atoms with Crippen molar-refractivity contribution in [3.63, 3.8) is 0 Å². The summed E-state index contributed by atoms with van der Waals surface area (Å²) in [5.41, 5.74) is 0. The third-order valence-corrected chi connectivity index (χ3v) is 2.98. The number of alkyl halides is 2. The summed E-state index contributed by atoms with van der Waals surface area (Å²) in [6.45, 7) is 0. The van der Waals surface area contributed by atoms with Gasteiger partial charge in [-0.2, -0.15) is 0 Å². The molecular formula is C6H8BrClN2O3. The number of aliphatic hydroxyl groups excluding tert-OH is 1. The van der Waals surface area contributed by atoms with Crippen LogP contribution in [0.4, 0.5) is 4.79 Å². The molecule has 1 N–H and O–H groups in total. The van der Waals surface area contributed by atoms with Crippen LogP contribution >= 0.6 is 27.5 Å². The van der Waals surface area contributed by atoms with Crippen LogP contribution in [0, 0.1) is 0 Å². The minimum Gasteiger partial charge on any atom is -0.370 e. The zero-order valence-electron chi connectivity index (χ0n) is 6.99. The van der Waals surface area contributed by atoms with E-state index in [4.69, 9.17) is 11.6 Å². The fourth-order valence-corrected chi connectivity index (χ4v) is 1.85. The van der Waals surface area contributed by atoms with Gasteiger partial charge in [-0.15, -0.1) is 0 Å². The lowest BCUT2D eigenvalue weighted by atomic mass is 10.2. The van der Waals surface area contributed by atoms with Crippen LogP contribution in [-0.4, -0.2) is 51.0 Å². The fourth-order valence-electron chi connectivity index (χ4n) is 1.01. The van der Waals surface area contributed by atoms with Crippen molar-refractivity contribution in [3.8, 4) is 0 Å². The van der Waals surface area contributed by atoms with Crippen LogP contribution in [0.3, 0.4) is 0 Å². The number of hydrogen-bond donors (Lipinski definition) is 1. The maximum absolute atomic E-state index is 11.4. The molecule has 0 aromatic heterocycles. The molecule has 0 saturated carbocycles. The van der Waals surface area contributed by atoms with Crippen LogP contribution in [0.5, 0.6) is 0 Å². The summed E-state index contributed by atoms with van der Waals surface area (Å²) in [5.74, 6) is -0.676. The van der Waals surface area contributed by atoms with Gasteiger partial charge in [0.15, 0.2) is 6.23 Å². The molecule has 0 aromatic carbocycles. The first-order valence-corrected chi connectivity index (χ1v) is 4.58. The van der Waals surface area contributed by atoms with Gasteiger partial charge in [0.2, 0.25) is 3.78 Å². The number of aliphatic hydroxyl groups is 1. The Balaban J connectivity index is 3.07. The number of carbonyl (C=O) groups excluding carboxylic acids is 2. The highest BCUT2D eigenvalue weighted by Crippen LogP contribution is 2.35. The third kappa shape index (κ3) is 1.43. The zero-order chi connectivity index (χ0) is 10.4. The lowest BCUT2D eigenvalue weighted by molar-refractivity contribution is -0.137. The summed E-state index contributed by atoms with van der Waals surface area (Å²) < 4.78 is -1.65. The van der Waals surface area contributed by atoms with Crippen LogP contribution < -0.4 is 0 Å². The Morgan fingerprint density at radius 3 is 2.46 bits per heavy atom. The summed E-state index contributed by atoms with van der Waals surface area (Å²) in [6, 6.07) is -0.590. The van der Waals surface area contributed by atoms with E-state index in [1.54, 1.807) is 0 Å². The third-order valence-electron chi connectivity index (χ3n) is 1.87. The summed E-state index contributed by atoms with van der Waals surface area (Å²) in [4.78, 5) is 24.4. The normalized spacial score (nSPS) is 35.6. The Labute approximate surface area is 88.4 Å². The molecule has 1 rings (SSSR count). The van der Waals surface area contributed by atoms with Crippen molar-refractivity contribution >= 4 is 39.5 Å². The molecule has 0 aliphatic carbocycles. The maximum Gasteiger partial charge on any atom is 0.328 e. The van der Waals surface area contributed by atoms with E-state index in [1.165, 1.54) is 14.1 Å². The monoisotopic (exact) mass is 270 g/mol. The van der Waals surface area contributed by atoms with Crippen molar-refractivity contribution in [2.45, 2.75) is 10.0 Å². The van der Waals surface area contributed by atoms with Crippen molar-refractivity contribution in [3.05, 3.63) is 0 Å². The number of imide groups is 1. The standard InChI is InChI=1S/C6H8BrClN2O3/c1-9-3(11)6(7,8)4(12)10(2)5(9)13/h3,11H,1-2H3/t3-,6-/m0/s1. The molecule has 0 unspecified atom stereocenters. The van der Waals surface area contributed by atoms with Gasteiger partial charge in [0.05, 0.1) is 0 Å². The van der Waals surface area contributed by atoms with E-state index in [-0.39, 0.29) is 0 Å². The van der Waals surface area contributed by atoms with Gasteiger partial charge in [-0.3, -0.25) is 14.6 Å². The lowest BCUT2D eigenvalue weighted by Gasteiger charge is -2.40. The fraction of sp³-hybridized carbons (Fsp3) is 0.667. The predicted molar refractivity (Wildman–Crippen MR) is 49.4 cm³/mol. The summed E-state index contributed by atoms with van der Waals surface area (Å²) in [7, 11) is 2.65. The molecule has 5 nitrogen and oxygen atoms in total. The number of nitrogens with zero attached hydrogens (tertiary/aromatic N) is 2. The molecule has 0 spiro atoms. The van der Waals surface area contributed by atoms with Gasteiger partial charge in [0.25, 0.3) is 5.91 Å². The summed E-state index contributed by atoms with van der Waals surface area (Å²) in [5, 5.41) is 9.44. The lowest BCUT2D eigenvalue weighted by Crippen LogP contribution is -2.64. The second-order valence-corrected chi connectivity index (χ2v) is 5.06. The second-order valence-electron chi connectivity index (χ2n) is 2.75. The molecule has 0 aromatic rings. The molecule has 1 fully saturated rings. The largest absolute Gasteiger partial charge is 0.370 e. The Kier molecular flexibility index (Phi) is 2.57. The Hall–Kier alpha value is -0.330. The molecule has 1 aliphatic heterocycles. The van der Waals surface area contributed by atoms with Crippen molar-refractivity contribution in [1.82, 2.24) is 9.80 Å². The molecule has 13 heavy (non-hydrogen) atoms. The average Bonchev–Trinajstić information content (AvgIpc) is 2.09. The molecule has 7 heteroatoms. The minimum atomic E-state index is -1.65. The molecule has 74 valence electrons. The van der Waals surface area contributed by atoms with Crippen LogP contribution in [0.25, 0.3) is 0 Å². The second kappa shape index (κ2) is 3.11. The van der Waals surface area contributed by atoms with Crippen LogP contribution in [0.2, 0.25) is 0 Å². The average molecular weight is 271 g/mol. The molecule has 2 atom stereocenters. The smallest absolute Gasteiger partial charge is 0.328 e. The van der Waals surface area contributed by atoms with E-state index < -0.39 is 21.9 Å². The Morgan fingerprint density at radius 2 is 2.00 bits per heavy atom. The van der Waals surface area contributed by atoms with E-state index in [0.29, 0.717) is 0 Å². The van der Waals surface area contributed by atoms with Gasteiger partial charge in [0, 0.05) is 14.1 Å². The number of carbonyl (C=O) groups is 2. The molecule has 0 radical (unpaired) electrons. The first-order valence-electron chi connectivity index (χ1n) is 3.41. The van der Waals surface area contributed by atoms with Gasteiger partial charge in [-0.25, -0.2) is 4.79 Å². The van der Waals surface area contributed by atoms with E-state index in [9.17, 15) is 14.7 Å². The van der Waals surface area contributed by atoms with E-state index in [0.717, 1.165) is 9.80 Å². The first-order chi connectivity index (χ1) is 5.80. The van der Waals surface area contributed by atoms with Crippen LogP contribution in [0.15, 0.2) is 0 Å². The van der Waals surface area contributed by atoms with Gasteiger partial charge >= 0.3 is 6.03 Å². The molecule has 1 aliphatic rings. The van der Waals surface area contributed by atoms with Crippen molar-refractivity contribution in [2.75, 3.05) is 14.1 Å². The van der Waals surface area contributed by atoms with E-state index in [2.05, 4.69) is 15.9 Å². The number of urea groups is 1. The first kappa shape index (κ1) is 10.7. The molecule has 0 bridgehead atoms. The van der Waals surface area contributed by atoms with Gasteiger partial charge in [-0.05, 0) is 0 Å². The van der Waals surface area contributed by atoms with Crippen LogP contribution in [-0.2, 0) is 4.79 Å². The Morgan fingerprint density at radius 1 is 1.54 bits per heavy atom. The van der Waals surface area contributed by atoms with Crippen molar-refractivity contribution in [1.29, 1.82) is 0 Å². The molecule has 3 amide bonds. The zero-order valence-corrected chi connectivity index (χ0v) is 9.33. The van der Waals surface area contributed by atoms with E-state index >= 15 is 0 Å². The summed E-state index contributed by atoms with van der Waals surface area (Å²) >= 11 is 8.57. The Bertz CT molecular complexity index is 271. The molecular weight excluding hydrogens is 263 g/mol. The number of hydrogen-bond acceptors (Lipinski definition) is 3. The highest BCUT2D eigenvalue weighted by molar-refractivity contribution is 9.10. The van der Waals surface area contributed by atoms with Gasteiger partial charge in [-0.1, -0.05) is 27.5 Å². The highest BCUT2D eigenvalue weighted by atomic mass is 79.9. The number of amides is 3. The van der Waals surface area contributed by atoms with Crippen molar-refractivity contribution < 1.29 is 14.7 Å². The van der Waals surface area contributed by atoms with Gasteiger partial charge in [0.1, 0.15) is 0 Å². The maximum atomic E-state index is 11.4. The van der Waals surface area contributed by atoms with E-state index in [1.807, 2.05) is 0 Å². The molecule has 1 saturated heterocycles. The number of halogens is 2. The predicted octanol–water partition coefficient (Wildman–Crippen LogP) is 0.159. The summed E-state index contributed by atoms with van der Waals surface area (Å²) in [6.07, 6.45) is -1.37. The number of rotatable bonds is 0. The molecule has 1 heterocycles. The highest BCUT2D eigenvalue weighted by Gasteiger charge is 2.52. The quantitative estimate of drug-likeness (QED) is 0.639.